The van der Waals surface area contributed by atoms with Gasteiger partial charge in [-0.1, -0.05) is 11.6 Å². The maximum atomic E-state index is 12.1. The molecule has 0 spiro atoms. The summed E-state index contributed by atoms with van der Waals surface area (Å²) < 4.78 is 11.7. The predicted molar refractivity (Wildman–Crippen MR) is 87.2 cm³/mol. The fourth-order valence-corrected chi connectivity index (χ4v) is 3.59. The average molecular weight is 314 g/mol. The molecule has 2 bridgehead atoms. The highest BCUT2D eigenvalue weighted by Crippen LogP contribution is 2.28. The Balaban J connectivity index is 1.60. The summed E-state index contributed by atoms with van der Waals surface area (Å²) in [7, 11) is 0. The summed E-state index contributed by atoms with van der Waals surface area (Å²) in [6, 6.07) is 6.36. The quantitative estimate of drug-likeness (QED) is 0.921. The lowest BCUT2D eigenvalue weighted by molar-refractivity contribution is -0.125. The number of aryl methyl sites for hydroxylation is 2. The molecule has 0 radical (unpaired) electrons. The molecule has 2 fully saturated rings. The molecule has 0 unspecified atom stereocenters. The minimum absolute atomic E-state index is 0.0712. The van der Waals surface area contributed by atoms with E-state index in [0.29, 0.717) is 13.2 Å². The molecule has 1 aromatic carbocycles. The van der Waals surface area contributed by atoms with Crippen molar-refractivity contribution < 1.29 is 13.9 Å². The van der Waals surface area contributed by atoms with E-state index >= 15 is 0 Å². The number of amides is 1. The van der Waals surface area contributed by atoms with Crippen molar-refractivity contribution in [1.82, 2.24) is 10.2 Å². The molecular weight excluding hydrogens is 292 g/mol. The third-order valence-corrected chi connectivity index (χ3v) is 4.87. The van der Waals surface area contributed by atoms with Crippen molar-refractivity contribution >= 4 is 16.9 Å². The van der Waals surface area contributed by atoms with Crippen LogP contribution in [0.2, 0.25) is 0 Å². The van der Waals surface area contributed by atoms with E-state index < -0.39 is 0 Å². The molecule has 2 aromatic rings. The topological polar surface area (TPSA) is 54.7 Å². The highest BCUT2D eigenvalue weighted by atomic mass is 16.5. The van der Waals surface area contributed by atoms with Gasteiger partial charge in [-0.05, 0) is 31.5 Å². The molecule has 1 N–H and O–H groups in total. The fraction of sp³-hybridized carbons (Fsp3) is 0.500. The second kappa shape index (κ2) is 5.65. The van der Waals surface area contributed by atoms with Crippen molar-refractivity contribution in [3.63, 3.8) is 0 Å². The summed E-state index contributed by atoms with van der Waals surface area (Å²) in [5.74, 6) is 1.03. The van der Waals surface area contributed by atoms with Gasteiger partial charge in [0.25, 0.3) is 0 Å². The van der Waals surface area contributed by atoms with E-state index in [1.807, 2.05) is 6.07 Å². The van der Waals surface area contributed by atoms with Gasteiger partial charge in [0.05, 0.1) is 31.7 Å². The number of carbonyl (C=O) groups excluding carboxylic acids is 1. The number of furan rings is 1. The first-order chi connectivity index (χ1) is 11.1. The molecule has 2 saturated heterocycles. The van der Waals surface area contributed by atoms with Gasteiger partial charge < -0.3 is 14.5 Å². The number of ether oxygens (including phenoxy) is 1. The number of fused-ring (bicyclic) bond motifs is 4. The molecule has 23 heavy (non-hydrogen) atoms. The standard InChI is InChI=1S/C18H22N2O3/c1-11-3-4-16-15(5-11)12(2)17(23-16)8-20-6-13-9-22-10-14(7-20)19-18(13)21/h3-5,13-14H,6-10H2,1-2H3,(H,19,21)/t13-,14+/m1/s1. The van der Waals surface area contributed by atoms with Gasteiger partial charge in [-0.25, -0.2) is 0 Å². The number of rotatable bonds is 2. The predicted octanol–water partition coefficient (Wildman–Crippen LogP) is 2.00. The van der Waals surface area contributed by atoms with Crippen molar-refractivity contribution in [2.75, 3.05) is 26.3 Å². The van der Waals surface area contributed by atoms with Crippen LogP contribution in [0, 0.1) is 19.8 Å². The van der Waals surface area contributed by atoms with E-state index in [4.69, 9.17) is 9.15 Å². The summed E-state index contributed by atoms with van der Waals surface area (Å²) in [4.78, 5) is 14.4. The van der Waals surface area contributed by atoms with Crippen molar-refractivity contribution in [1.29, 1.82) is 0 Å². The molecule has 4 rings (SSSR count). The summed E-state index contributed by atoms with van der Waals surface area (Å²) in [6.45, 7) is 7.58. The number of hydrogen-bond acceptors (Lipinski definition) is 4. The van der Waals surface area contributed by atoms with E-state index in [1.165, 1.54) is 16.5 Å². The number of nitrogens with zero attached hydrogens (tertiary/aromatic N) is 1. The van der Waals surface area contributed by atoms with Crippen molar-refractivity contribution in [3.05, 3.63) is 35.1 Å². The monoisotopic (exact) mass is 314 g/mol. The molecule has 1 aromatic heterocycles. The van der Waals surface area contributed by atoms with Crippen LogP contribution in [0.1, 0.15) is 16.9 Å². The van der Waals surface area contributed by atoms with Gasteiger partial charge >= 0.3 is 0 Å². The molecule has 3 heterocycles. The molecule has 5 nitrogen and oxygen atoms in total. The Labute approximate surface area is 135 Å². The lowest BCUT2D eigenvalue weighted by Gasteiger charge is -2.26. The van der Waals surface area contributed by atoms with Crippen LogP contribution in [0.25, 0.3) is 11.0 Å². The second-order valence-corrected chi connectivity index (χ2v) is 6.78. The number of nitrogens with one attached hydrogen (secondary N) is 1. The Bertz CT molecular complexity index is 752. The Hall–Kier alpha value is -1.85. The first-order valence-electron chi connectivity index (χ1n) is 8.19. The lowest BCUT2D eigenvalue weighted by Crippen LogP contribution is -2.41. The lowest BCUT2D eigenvalue weighted by atomic mass is 10.1. The van der Waals surface area contributed by atoms with Gasteiger partial charge in [0.2, 0.25) is 5.91 Å². The molecule has 2 aliphatic heterocycles. The Morgan fingerprint density at radius 1 is 1.26 bits per heavy atom. The van der Waals surface area contributed by atoms with Gasteiger partial charge in [0.1, 0.15) is 11.3 Å². The molecule has 0 aliphatic carbocycles. The molecule has 5 heteroatoms. The zero-order valence-corrected chi connectivity index (χ0v) is 13.6. The summed E-state index contributed by atoms with van der Waals surface area (Å²) in [5, 5.41) is 4.26. The first kappa shape index (κ1) is 14.7. The van der Waals surface area contributed by atoms with Gasteiger partial charge in [-0.2, -0.15) is 0 Å². The molecule has 0 saturated carbocycles. The van der Waals surface area contributed by atoms with Crippen LogP contribution in [0.3, 0.4) is 0 Å². The molecular formula is C18H22N2O3. The van der Waals surface area contributed by atoms with Crippen LogP contribution in [0.5, 0.6) is 0 Å². The Morgan fingerprint density at radius 2 is 2.13 bits per heavy atom. The largest absolute Gasteiger partial charge is 0.459 e. The second-order valence-electron chi connectivity index (χ2n) is 6.78. The maximum absolute atomic E-state index is 12.1. The molecule has 2 aliphatic rings. The van der Waals surface area contributed by atoms with E-state index in [9.17, 15) is 4.79 Å². The Morgan fingerprint density at radius 3 is 3.00 bits per heavy atom. The fourth-order valence-electron chi connectivity index (χ4n) is 3.59. The van der Waals surface area contributed by atoms with Crippen LogP contribution in [0.15, 0.2) is 22.6 Å². The molecule has 2 atom stereocenters. The van der Waals surface area contributed by atoms with Crippen molar-refractivity contribution in [3.8, 4) is 0 Å². The van der Waals surface area contributed by atoms with Crippen LogP contribution in [0.4, 0.5) is 0 Å². The van der Waals surface area contributed by atoms with Crippen LogP contribution in [-0.2, 0) is 16.1 Å². The first-order valence-corrected chi connectivity index (χ1v) is 8.19. The number of hydrogen-bond donors (Lipinski definition) is 1. The minimum atomic E-state index is -0.0885. The van der Waals surface area contributed by atoms with Gasteiger partial charge in [0.15, 0.2) is 0 Å². The van der Waals surface area contributed by atoms with Gasteiger partial charge in [-0.15, -0.1) is 0 Å². The number of carbonyl (C=O) groups is 1. The van der Waals surface area contributed by atoms with Gasteiger partial charge in [0, 0.05) is 18.5 Å². The van der Waals surface area contributed by atoms with E-state index in [0.717, 1.165) is 31.0 Å². The zero-order valence-electron chi connectivity index (χ0n) is 13.6. The summed E-state index contributed by atoms with van der Waals surface area (Å²) >= 11 is 0. The van der Waals surface area contributed by atoms with E-state index in [2.05, 4.69) is 36.2 Å². The van der Waals surface area contributed by atoms with Crippen molar-refractivity contribution in [2.24, 2.45) is 5.92 Å². The Kier molecular flexibility index (Phi) is 3.62. The minimum Gasteiger partial charge on any atom is -0.459 e. The SMILES string of the molecule is Cc1ccc2oc(CN3C[C@H]4COC[C@@H](C3)C(=O)N4)c(C)c2c1. The van der Waals surface area contributed by atoms with Crippen molar-refractivity contribution in [2.45, 2.75) is 26.4 Å². The normalized spacial score (nSPS) is 25.4. The van der Waals surface area contributed by atoms with Crippen LogP contribution in [-0.4, -0.2) is 43.2 Å². The molecule has 122 valence electrons. The summed E-state index contributed by atoms with van der Waals surface area (Å²) in [6.07, 6.45) is 0. The summed E-state index contributed by atoms with van der Waals surface area (Å²) in [5.41, 5.74) is 3.38. The van der Waals surface area contributed by atoms with E-state index in [-0.39, 0.29) is 17.9 Å². The zero-order chi connectivity index (χ0) is 16.0. The highest BCUT2D eigenvalue weighted by molar-refractivity contribution is 5.82. The smallest absolute Gasteiger partial charge is 0.227 e. The van der Waals surface area contributed by atoms with Crippen LogP contribution >= 0.6 is 0 Å². The third-order valence-electron chi connectivity index (χ3n) is 4.87. The highest BCUT2D eigenvalue weighted by Gasteiger charge is 2.33. The van der Waals surface area contributed by atoms with E-state index in [1.54, 1.807) is 0 Å². The maximum Gasteiger partial charge on any atom is 0.227 e. The third kappa shape index (κ3) is 2.75. The van der Waals surface area contributed by atoms with Crippen LogP contribution < -0.4 is 5.32 Å². The van der Waals surface area contributed by atoms with Gasteiger partial charge in [-0.3, -0.25) is 9.69 Å². The average Bonchev–Trinajstić information content (AvgIpc) is 2.62. The molecule has 1 amide bonds. The number of benzene rings is 1.